The number of halogens is 1. The first-order valence-electron chi connectivity index (χ1n) is 6.54. The fourth-order valence-electron chi connectivity index (χ4n) is 1.83. The summed E-state index contributed by atoms with van der Waals surface area (Å²) in [6.07, 6.45) is 3.30. The van der Waals surface area contributed by atoms with Gasteiger partial charge in [0.2, 0.25) is 0 Å². The molecule has 0 aromatic carbocycles. The molecule has 0 aliphatic carbocycles. The van der Waals surface area contributed by atoms with E-state index in [2.05, 4.69) is 33.0 Å². The SMILES string of the molecule is CCCCN[C@H](C(C)C)[C@@H](N)[C@@](C)(Cl)CC. The van der Waals surface area contributed by atoms with E-state index in [0.717, 1.165) is 13.0 Å². The van der Waals surface area contributed by atoms with Crippen molar-refractivity contribution in [2.75, 3.05) is 6.54 Å². The molecule has 0 aromatic heterocycles. The van der Waals surface area contributed by atoms with Crippen LogP contribution in [0.4, 0.5) is 0 Å². The van der Waals surface area contributed by atoms with Gasteiger partial charge in [-0.25, -0.2) is 0 Å². The number of unbranched alkanes of at least 4 members (excludes halogenated alkanes) is 1. The average Bonchev–Trinajstić information content (AvgIpc) is 2.23. The third-order valence-corrected chi connectivity index (χ3v) is 3.92. The molecule has 0 amide bonds. The molecule has 0 aliphatic heterocycles. The van der Waals surface area contributed by atoms with Crippen molar-refractivity contribution < 1.29 is 0 Å². The van der Waals surface area contributed by atoms with Gasteiger partial charge in [-0.2, -0.15) is 0 Å². The van der Waals surface area contributed by atoms with Crippen molar-refractivity contribution in [2.24, 2.45) is 11.7 Å². The van der Waals surface area contributed by atoms with Crippen molar-refractivity contribution >= 4 is 11.6 Å². The second-order valence-corrected chi connectivity index (χ2v) is 6.10. The summed E-state index contributed by atoms with van der Waals surface area (Å²) >= 11 is 6.46. The van der Waals surface area contributed by atoms with Crippen LogP contribution in [0.5, 0.6) is 0 Å². The van der Waals surface area contributed by atoms with Crippen molar-refractivity contribution in [3.8, 4) is 0 Å². The summed E-state index contributed by atoms with van der Waals surface area (Å²) < 4.78 is 0. The standard InChI is InChI=1S/C13H29ClN2/c1-6-8-9-16-11(10(3)4)12(15)13(5,14)7-2/h10-12,16H,6-9,15H2,1-5H3/t11-,12-,13+/m1/s1. The molecule has 0 fully saturated rings. The minimum Gasteiger partial charge on any atom is -0.325 e. The van der Waals surface area contributed by atoms with Crippen LogP contribution in [0.3, 0.4) is 0 Å². The second-order valence-electron chi connectivity index (χ2n) is 5.23. The third kappa shape index (κ3) is 5.03. The molecule has 0 bridgehead atoms. The summed E-state index contributed by atoms with van der Waals surface area (Å²) in [6.45, 7) is 11.8. The van der Waals surface area contributed by atoms with Gasteiger partial charge >= 0.3 is 0 Å². The molecular weight excluding hydrogens is 220 g/mol. The molecular formula is C13H29ClN2. The minimum atomic E-state index is -0.311. The lowest BCUT2D eigenvalue weighted by Gasteiger charge is -2.37. The highest BCUT2D eigenvalue weighted by Crippen LogP contribution is 2.26. The van der Waals surface area contributed by atoms with Crippen LogP contribution in [0.2, 0.25) is 0 Å². The number of nitrogens with one attached hydrogen (secondary N) is 1. The van der Waals surface area contributed by atoms with E-state index in [1.807, 2.05) is 6.92 Å². The molecule has 0 aromatic rings. The number of hydrogen-bond acceptors (Lipinski definition) is 2. The van der Waals surface area contributed by atoms with E-state index in [-0.39, 0.29) is 10.9 Å². The van der Waals surface area contributed by atoms with Gasteiger partial charge in [0.25, 0.3) is 0 Å². The fraction of sp³-hybridized carbons (Fsp3) is 1.00. The molecule has 0 radical (unpaired) electrons. The first kappa shape index (κ1) is 16.2. The summed E-state index contributed by atoms with van der Waals surface area (Å²) in [6, 6.07) is 0.296. The van der Waals surface area contributed by atoms with Crippen molar-refractivity contribution in [1.82, 2.24) is 5.32 Å². The second kappa shape index (κ2) is 7.52. The Morgan fingerprint density at radius 1 is 1.31 bits per heavy atom. The van der Waals surface area contributed by atoms with Crippen molar-refractivity contribution in [2.45, 2.75) is 70.8 Å². The molecule has 0 heterocycles. The average molecular weight is 249 g/mol. The first-order chi connectivity index (χ1) is 7.36. The normalized spacial score (nSPS) is 19.5. The van der Waals surface area contributed by atoms with E-state index in [1.165, 1.54) is 12.8 Å². The predicted octanol–water partition coefficient (Wildman–Crippen LogP) is 3.14. The number of hydrogen-bond donors (Lipinski definition) is 2. The van der Waals surface area contributed by atoms with Crippen LogP contribution in [-0.4, -0.2) is 23.5 Å². The van der Waals surface area contributed by atoms with Gasteiger partial charge in [-0.1, -0.05) is 34.1 Å². The highest BCUT2D eigenvalue weighted by molar-refractivity contribution is 6.24. The number of rotatable bonds is 8. The topological polar surface area (TPSA) is 38.0 Å². The molecule has 3 N–H and O–H groups in total. The van der Waals surface area contributed by atoms with Gasteiger partial charge in [-0.05, 0) is 32.2 Å². The van der Waals surface area contributed by atoms with Gasteiger partial charge in [-0.15, -0.1) is 11.6 Å². The van der Waals surface area contributed by atoms with Crippen molar-refractivity contribution in [3.63, 3.8) is 0 Å². The molecule has 0 saturated heterocycles. The van der Waals surface area contributed by atoms with Crippen molar-refractivity contribution in [1.29, 1.82) is 0 Å². The molecule has 3 heteroatoms. The van der Waals surface area contributed by atoms with Crippen LogP contribution >= 0.6 is 11.6 Å². The Morgan fingerprint density at radius 3 is 2.25 bits per heavy atom. The fourth-order valence-corrected chi connectivity index (χ4v) is 1.97. The van der Waals surface area contributed by atoms with Gasteiger partial charge in [0, 0.05) is 12.1 Å². The van der Waals surface area contributed by atoms with Crippen molar-refractivity contribution in [3.05, 3.63) is 0 Å². The summed E-state index contributed by atoms with van der Waals surface area (Å²) in [5.41, 5.74) is 6.29. The number of alkyl halides is 1. The van der Waals surface area contributed by atoms with Gasteiger partial charge in [-0.3, -0.25) is 0 Å². The Morgan fingerprint density at radius 2 is 1.88 bits per heavy atom. The molecule has 2 nitrogen and oxygen atoms in total. The van der Waals surface area contributed by atoms with E-state index in [0.29, 0.717) is 12.0 Å². The number of nitrogens with two attached hydrogens (primary N) is 1. The summed E-state index contributed by atoms with van der Waals surface area (Å²) in [7, 11) is 0. The molecule has 0 aliphatic rings. The zero-order valence-electron chi connectivity index (χ0n) is 11.5. The molecule has 98 valence electrons. The monoisotopic (exact) mass is 248 g/mol. The predicted molar refractivity (Wildman–Crippen MR) is 74.1 cm³/mol. The molecule has 0 unspecified atom stereocenters. The molecule has 0 spiro atoms. The molecule has 16 heavy (non-hydrogen) atoms. The van der Waals surface area contributed by atoms with Gasteiger partial charge in [0.1, 0.15) is 0 Å². The largest absolute Gasteiger partial charge is 0.325 e. The molecule has 0 rings (SSSR count). The van der Waals surface area contributed by atoms with E-state index in [9.17, 15) is 0 Å². The Labute approximate surface area is 106 Å². The lowest BCUT2D eigenvalue weighted by atomic mass is 9.86. The van der Waals surface area contributed by atoms with E-state index >= 15 is 0 Å². The van der Waals surface area contributed by atoms with Crippen LogP contribution in [0.15, 0.2) is 0 Å². The highest BCUT2D eigenvalue weighted by atomic mass is 35.5. The Kier molecular flexibility index (Phi) is 7.62. The zero-order valence-corrected chi connectivity index (χ0v) is 12.3. The lowest BCUT2D eigenvalue weighted by molar-refractivity contribution is 0.292. The molecule has 3 atom stereocenters. The van der Waals surface area contributed by atoms with Crippen LogP contribution in [0.25, 0.3) is 0 Å². The molecule has 0 saturated carbocycles. The maximum Gasteiger partial charge on any atom is 0.0581 e. The van der Waals surface area contributed by atoms with E-state index < -0.39 is 0 Å². The maximum atomic E-state index is 6.46. The Balaban J connectivity index is 4.40. The zero-order chi connectivity index (χ0) is 12.8. The quantitative estimate of drug-likeness (QED) is 0.512. The third-order valence-electron chi connectivity index (χ3n) is 3.40. The summed E-state index contributed by atoms with van der Waals surface area (Å²) in [5.74, 6) is 0.511. The van der Waals surface area contributed by atoms with Crippen LogP contribution in [0.1, 0.15) is 53.9 Å². The van der Waals surface area contributed by atoms with Gasteiger partial charge < -0.3 is 11.1 Å². The summed E-state index contributed by atoms with van der Waals surface area (Å²) in [5, 5.41) is 3.55. The summed E-state index contributed by atoms with van der Waals surface area (Å²) in [4.78, 5) is -0.311. The Bertz CT molecular complexity index is 181. The van der Waals surface area contributed by atoms with Gasteiger partial charge in [0.05, 0.1) is 4.87 Å². The minimum absolute atomic E-state index is 0.00368. The van der Waals surface area contributed by atoms with Crippen LogP contribution < -0.4 is 11.1 Å². The Hall–Kier alpha value is 0.210. The lowest BCUT2D eigenvalue weighted by Crippen LogP contribution is -2.57. The maximum absolute atomic E-state index is 6.46. The van der Waals surface area contributed by atoms with Gasteiger partial charge in [0.15, 0.2) is 0 Å². The highest BCUT2D eigenvalue weighted by Gasteiger charge is 2.34. The van der Waals surface area contributed by atoms with E-state index in [1.54, 1.807) is 0 Å². The first-order valence-corrected chi connectivity index (χ1v) is 6.92. The smallest absolute Gasteiger partial charge is 0.0581 e. The van der Waals surface area contributed by atoms with Crippen LogP contribution in [0, 0.1) is 5.92 Å². The van der Waals surface area contributed by atoms with Crippen LogP contribution in [-0.2, 0) is 0 Å². The van der Waals surface area contributed by atoms with E-state index in [4.69, 9.17) is 17.3 Å².